The number of H-pyrrole nitrogens is 1. The van der Waals surface area contributed by atoms with Crippen molar-refractivity contribution in [3.63, 3.8) is 0 Å². The highest BCUT2D eigenvalue weighted by molar-refractivity contribution is 5.51. The van der Waals surface area contributed by atoms with Crippen molar-refractivity contribution in [2.24, 2.45) is 0 Å². The quantitative estimate of drug-likeness (QED) is 0.868. The van der Waals surface area contributed by atoms with Gasteiger partial charge < -0.3 is 14.5 Å². The highest BCUT2D eigenvalue weighted by Crippen LogP contribution is 2.26. The monoisotopic (exact) mass is 394 g/mol. The van der Waals surface area contributed by atoms with Crippen molar-refractivity contribution in [1.82, 2.24) is 9.97 Å². The van der Waals surface area contributed by atoms with Crippen LogP contribution in [0.1, 0.15) is 24.1 Å². The molecule has 6 nitrogen and oxygen atoms in total. The van der Waals surface area contributed by atoms with Crippen molar-refractivity contribution in [3.8, 4) is 5.75 Å². The molecule has 1 aliphatic heterocycles. The van der Waals surface area contributed by atoms with Gasteiger partial charge in [0.1, 0.15) is 5.75 Å². The van der Waals surface area contributed by atoms with Gasteiger partial charge in [-0.3, -0.25) is 9.78 Å². The van der Waals surface area contributed by atoms with Crippen LogP contribution in [0, 0.1) is 0 Å². The van der Waals surface area contributed by atoms with Gasteiger partial charge in [-0.25, -0.2) is 4.98 Å². The Morgan fingerprint density at radius 3 is 2.29 bits per heavy atom. The first kappa shape index (κ1) is 18.6. The van der Waals surface area contributed by atoms with E-state index >= 15 is 0 Å². The van der Waals surface area contributed by atoms with E-state index in [0.29, 0.717) is 32.1 Å². The number of anilines is 2. The minimum Gasteiger partial charge on any atom is -0.406 e. The van der Waals surface area contributed by atoms with E-state index in [0.717, 1.165) is 42.6 Å². The molecule has 1 aromatic heterocycles. The van der Waals surface area contributed by atoms with Gasteiger partial charge in [0, 0.05) is 37.4 Å². The molecule has 0 amide bonds. The Morgan fingerprint density at radius 2 is 1.61 bits per heavy atom. The number of nitrogens with one attached hydrogen (secondary N) is 1. The summed E-state index contributed by atoms with van der Waals surface area (Å²) in [5.41, 5.74) is 2.52. The van der Waals surface area contributed by atoms with E-state index in [1.54, 1.807) is 12.1 Å². The topological polar surface area (TPSA) is 61.5 Å². The second-order valence-corrected chi connectivity index (χ2v) is 7.04. The van der Waals surface area contributed by atoms with Crippen LogP contribution in [0.4, 0.5) is 24.8 Å². The Morgan fingerprint density at radius 1 is 0.964 bits per heavy atom. The van der Waals surface area contributed by atoms with Crippen molar-refractivity contribution in [3.05, 3.63) is 45.9 Å². The van der Waals surface area contributed by atoms with Crippen molar-refractivity contribution >= 4 is 11.6 Å². The Labute approximate surface area is 159 Å². The number of piperazine rings is 1. The molecule has 0 unspecified atom stereocenters. The summed E-state index contributed by atoms with van der Waals surface area (Å²) in [6.07, 6.45) is -0.961. The zero-order valence-corrected chi connectivity index (χ0v) is 15.3. The number of halogens is 3. The summed E-state index contributed by atoms with van der Waals surface area (Å²) < 4.78 is 40.7. The molecule has 28 heavy (non-hydrogen) atoms. The lowest BCUT2D eigenvalue weighted by Crippen LogP contribution is -2.47. The fourth-order valence-electron chi connectivity index (χ4n) is 3.77. The van der Waals surface area contributed by atoms with Gasteiger partial charge in [-0.15, -0.1) is 13.2 Å². The fourth-order valence-corrected chi connectivity index (χ4v) is 3.77. The molecule has 2 aliphatic rings. The number of aromatic amines is 1. The molecule has 0 atom stereocenters. The summed E-state index contributed by atoms with van der Waals surface area (Å²) >= 11 is 0. The number of aryl methyl sites for hydroxylation is 1. The van der Waals surface area contributed by atoms with E-state index in [1.807, 2.05) is 4.90 Å². The molecular weight excluding hydrogens is 373 g/mol. The number of alkyl halides is 3. The molecular formula is C19H21F3N4O2. The van der Waals surface area contributed by atoms with Crippen LogP contribution in [-0.2, 0) is 12.8 Å². The average Bonchev–Trinajstić information content (AvgIpc) is 2.67. The van der Waals surface area contributed by atoms with Gasteiger partial charge in [0.2, 0.25) is 5.95 Å². The highest BCUT2D eigenvalue weighted by Gasteiger charge is 2.31. The van der Waals surface area contributed by atoms with E-state index in [2.05, 4.69) is 19.6 Å². The van der Waals surface area contributed by atoms with E-state index < -0.39 is 6.36 Å². The summed E-state index contributed by atoms with van der Waals surface area (Å²) in [5, 5.41) is 0. The Balaban J connectivity index is 1.41. The molecule has 150 valence electrons. The molecule has 2 aromatic rings. The summed E-state index contributed by atoms with van der Waals surface area (Å²) in [6.45, 7) is 2.70. The fraction of sp³-hybridized carbons (Fsp3) is 0.474. The standard InChI is InChI=1S/C19H21F3N4O2/c20-19(21,22)28-14-7-5-13(6-8-14)25-9-11-26(12-10-25)18-23-16-4-2-1-3-15(16)17(27)24-18/h5-8H,1-4,9-12H2,(H,23,24,27). The van der Waals surface area contributed by atoms with E-state index in [1.165, 1.54) is 12.1 Å². The van der Waals surface area contributed by atoms with E-state index in [4.69, 9.17) is 0 Å². The maximum Gasteiger partial charge on any atom is 0.573 e. The lowest BCUT2D eigenvalue weighted by Gasteiger charge is -2.36. The van der Waals surface area contributed by atoms with E-state index in [9.17, 15) is 18.0 Å². The third kappa shape index (κ3) is 4.07. The smallest absolute Gasteiger partial charge is 0.406 e. The molecule has 1 aromatic carbocycles. The van der Waals surface area contributed by atoms with Gasteiger partial charge in [0.25, 0.3) is 5.56 Å². The molecule has 0 bridgehead atoms. The molecule has 9 heteroatoms. The molecule has 0 saturated carbocycles. The SMILES string of the molecule is O=c1[nH]c(N2CCN(c3ccc(OC(F)(F)F)cc3)CC2)nc2c1CCCC2. The number of hydrogen-bond donors (Lipinski definition) is 1. The zero-order chi connectivity index (χ0) is 19.7. The average molecular weight is 394 g/mol. The van der Waals surface area contributed by atoms with Crippen LogP contribution < -0.4 is 20.1 Å². The first-order chi connectivity index (χ1) is 13.4. The molecule has 4 rings (SSSR count). The van der Waals surface area contributed by atoms with Crippen LogP contribution >= 0.6 is 0 Å². The number of benzene rings is 1. The summed E-state index contributed by atoms with van der Waals surface area (Å²) in [5.74, 6) is 0.380. The van der Waals surface area contributed by atoms with Crippen molar-refractivity contribution in [2.45, 2.75) is 32.0 Å². The number of fused-ring (bicyclic) bond motifs is 1. The molecule has 0 radical (unpaired) electrons. The lowest BCUT2D eigenvalue weighted by molar-refractivity contribution is -0.274. The van der Waals surface area contributed by atoms with Gasteiger partial charge in [-0.2, -0.15) is 0 Å². The summed E-state index contributed by atoms with van der Waals surface area (Å²) in [4.78, 5) is 24.0. The van der Waals surface area contributed by atoms with E-state index in [-0.39, 0.29) is 11.3 Å². The molecule has 1 fully saturated rings. The predicted molar refractivity (Wildman–Crippen MR) is 99.1 cm³/mol. The maximum absolute atomic E-state index is 12.3. The first-order valence-electron chi connectivity index (χ1n) is 9.37. The van der Waals surface area contributed by atoms with Crippen molar-refractivity contribution < 1.29 is 17.9 Å². The molecule has 1 saturated heterocycles. The Kier molecular flexibility index (Phi) is 4.91. The van der Waals surface area contributed by atoms with Gasteiger partial charge >= 0.3 is 6.36 Å². The number of aromatic nitrogens is 2. The molecule has 2 heterocycles. The number of rotatable bonds is 3. The second kappa shape index (κ2) is 7.37. The number of nitrogens with zero attached hydrogens (tertiary/aromatic N) is 3. The van der Waals surface area contributed by atoms with Crippen LogP contribution in [0.25, 0.3) is 0 Å². The molecule has 1 N–H and O–H groups in total. The van der Waals surface area contributed by atoms with Crippen LogP contribution in [-0.4, -0.2) is 42.5 Å². The summed E-state index contributed by atoms with van der Waals surface area (Å²) in [6, 6.07) is 5.88. The van der Waals surface area contributed by atoms with Crippen LogP contribution in [0.2, 0.25) is 0 Å². The highest BCUT2D eigenvalue weighted by atomic mass is 19.4. The largest absolute Gasteiger partial charge is 0.573 e. The van der Waals surface area contributed by atoms with Gasteiger partial charge in [0.15, 0.2) is 0 Å². The Hall–Kier alpha value is -2.71. The molecule has 0 spiro atoms. The minimum atomic E-state index is -4.69. The lowest BCUT2D eigenvalue weighted by atomic mass is 9.97. The first-order valence-corrected chi connectivity index (χ1v) is 9.37. The number of hydrogen-bond acceptors (Lipinski definition) is 5. The third-order valence-electron chi connectivity index (χ3n) is 5.19. The van der Waals surface area contributed by atoms with Crippen molar-refractivity contribution in [2.75, 3.05) is 36.0 Å². The normalized spacial score (nSPS) is 17.4. The van der Waals surface area contributed by atoms with Crippen LogP contribution in [0.5, 0.6) is 5.75 Å². The third-order valence-corrected chi connectivity index (χ3v) is 5.19. The van der Waals surface area contributed by atoms with Crippen LogP contribution in [0.3, 0.4) is 0 Å². The Bertz CT molecular complexity index is 888. The van der Waals surface area contributed by atoms with Crippen LogP contribution in [0.15, 0.2) is 29.1 Å². The maximum atomic E-state index is 12.3. The number of ether oxygens (including phenoxy) is 1. The zero-order valence-electron chi connectivity index (χ0n) is 15.3. The van der Waals surface area contributed by atoms with Gasteiger partial charge in [0.05, 0.1) is 5.69 Å². The summed E-state index contributed by atoms with van der Waals surface area (Å²) in [7, 11) is 0. The van der Waals surface area contributed by atoms with Gasteiger partial charge in [-0.05, 0) is 49.9 Å². The van der Waals surface area contributed by atoms with Gasteiger partial charge in [-0.1, -0.05) is 0 Å². The molecule has 1 aliphatic carbocycles. The second-order valence-electron chi connectivity index (χ2n) is 7.04. The minimum absolute atomic E-state index is 0.0395. The predicted octanol–water partition coefficient (Wildman–Crippen LogP) is 2.87. The van der Waals surface area contributed by atoms with Crippen molar-refractivity contribution in [1.29, 1.82) is 0 Å².